The molecule has 98 valence electrons. The first-order chi connectivity index (χ1) is 7.03. The standard InChI is InChI=1S/C16H26.CH4/c1-11-9-13(15(3,4)5)12(2)14(10-11)16(6,7)8;/h9-10H,1-8H3;1H4. The van der Waals surface area contributed by atoms with Crippen LogP contribution in [0.25, 0.3) is 0 Å². The Hall–Kier alpha value is -0.780. The summed E-state index contributed by atoms with van der Waals surface area (Å²) in [5, 5.41) is 0. The third-order valence-electron chi connectivity index (χ3n) is 3.17. The fraction of sp³-hybridized carbons (Fsp3) is 0.647. The molecule has 0 N–H and O–H groups in total. The van der Waals surface area contributed by atoms with Gasteiger partial charge in [0.25, 0.3) is 0 Å². The minimum absolute atomic E-state index is 0. The van der Waals surface area contributed by atoms with Crippen molar-refractivity contribution in [3.63, 3.8) is 0 Å². The van der Waals surface area contributed by atoms with Crippen molar-refractivity contribution in [1.82, 2.24) is 0 Å². The van der Waals surface area contributed by atoms with E-state index >= 15 is 0 Å². The smallest absolute Gasteiger partial charge is 0.0129 e. The van der Waals surface area contributed by atoms with Crippen LogP contribution in [0.5, 0.6) is 0 Å². The van der Waals surface area contributed by atoms with Crippen LogP contribution in [0.2, 0.25) is 0 Å². The van der Waals surface area contributed by atoms with Gasteiger partial charge in [-0.3, -0.25) is 0 Å². The highest BCUT2D eigenvalue weighted by atomic mass is 14.3. The average molecular weight is 234 g/mol. The molecular weight excluding hydrogens is 204 g/mol. The molecular formula is C17H30. The SMILES string of the molecule is C.Cc1cc(C(C)(C)C)c(C)c(C(C)(C)C)c1. The molecule has 0 amide bonds. The monoisotopic (exact) mass is 234 g/mol. The number of rotatable bonds is 0. The predicted octanol–water partition coefficient (Wildman–Crippen LogP) is 5.53. The molecule has 0 atom stereocenters. The predicted molar refractivity (Wildman–Crippen MR) is 80.0 cm³/mol. The molecule has 0 saturated carbocycles. The molecule has 0 radical (unpaired) electrons. The van der Waals surface area contributed by atoms with E-state index in [0.717, 1.165) is 0 Å². The normalized spacial score (nSPS) is 12.2. The minimum Gasteiger partial charge on any atom is -0.0776 e. The molecule has 0 aliphatic rings. The lowest BCUT2D eigenvalue weighted by atomic mass is 9.76. The Bertz CT molecular complexity index is 348. The number of hydrogen-bond acceptors (Lipinski definition) is 0. The van der Waals surface area contributed by atoms with E-state index in [2.05, 4.69) is 67.5 Å². The first-order valence-electron chi connectivity index (χ1n) is 6.15. The van der Waals surface area contributed by atoms with Gasteiger partial charge in [0.05, 0.1) is 0 Å². The minimum atomic E-state index is 0. The average Bonchev–Trinajstić information content (AvgIpc) is 2.04. The second-order valence-electron chi connectivity index (χ2n) is 6.99. The third kappa shape index (κ3) is 3.59. The molecule has 0 aliphatic heterocycles. The van der Waals surface area contributed by atoms with Crippen LogP contribution in [0.4, 0.5) is 0 Å². The molecule has 0 saturated heterocycles. The summed E-state index contributed by atoms with van der Waals surface area (Å²) >= 11 is 0. The maximum atomic E-state index is 2.34. The van der Waals surface area contributed by atoms with Crippen molar-refractivity contribution in [3.05, 3.63) is 34.4 Å². The molecule has 0 spiro atoms. The summed E-state index contributed by atoms with van der Waals surface area (Å²) in [6.45, 7) is 18.2. The molecule has 1 rings (SSSR count). The molecule has 0 bridgehead atoms. The van der Waals surface area contributed by atoms with Gasteiger partial charge in [-0.15, -0.1) is 0 Å². The van der Waals surface area contributed by atoms with Crippen molar-refractivity contribution >= 4 is 0 Å². The summed E-state index contributed by atoms with van der Waals surface area (Å²) in [6, 6.07) is 4.68. The van der Waals surface area contributed by atoms with E-state index in [0.29, 0.717) is 0 Å². The van der Waals surface area contributed by atoms with Gasteiger partial charge in [0.15, 0.2) is 0 Å². The van der Waals surface area contributed by atoms with Crippen molar-refractivity contribution in [2.75, 3.05) is 0 Å². The van der Waals surface area contributed by atoms with Crippen LogP contribution in [0.3, 0.4) is 0 Å². The molecule has 0 aromatic heterocycles. The molecule has 0 fully saturated rings. The maximum Gasteiger partial charge on any atom is -0.0129 e. The van der Waals surface area contributed by atoms with Gasteiger partial charge in [-0.05, 0) is 41.4 Å². The van der Waals surface area contributed by atoms with Crippen LogP contribution < -0.4 is 0 Å². The molecule has 0 nitrogen and oxygen atoms in total. The highest BCUT2D eigenvalue weighted by Crippen LogP contribution is 2.34. The highest BCUT2D eigenvalue weighted by Gasteiger charge is 2.23. The van der Waals surface area contributed by atoms with Gasteiger partial charge in [0.2, 0.25) is 0 Å². The van der Waals surface area contributed by atoms with E-state index in [1.165, 1.54) is 22.3 Å². The molecule has 1 aromatic rings. The first-order valence-corrected chi connectivity index (χ1v) is 6.15. The number of benzene rings is 1. The van der Waals surface area contributed by atoms with Gasteiger partial charge in [-0.1, -0.05) is 66.7 Å². The zero-order valence-corrected chi connectivity index (χ0v) is 12.2. The molecule has 0 unspecified atom stereocenters. The van der Waals surface area contributed by atoms with Crippen LogP contribution in [0, 0.1) is 13.8 Å². The van der Waals surface area contributed by atoms with Gasteiger partial charge in [-0.25, -0.2) is 0 Å². The molecule has 17 heavy (non-hydrogen) atoms. The van der Waals surface area contributed by atoms with Crippen molar-refractivity contribution < 1.29 is 0 Å². The Balaban J connectivity index is 0.00000256. The Kier molecular flexibility index (Phi) is 4.62. The van der Waals surface area contributed by atoms with Crippen LogP contribution in [0.15, 0.2) is 12.1 Å². The lowest BCUT2D eigenvalue weighted by Crippen LogP contribution is -2.19. The summed E-state index contributed by atoms with van der Waals surface area (Å²) in [5.41, 5.74) is 6.27. The van der Waals surface area contributed by atoms with Gasteiger partial charge in [-0.2, -0.15) is 0 Å². The number of aryl methyl sites for hydroxylation is 1. The van der Waals surface area contributed by atoms with E-state index in [-0.39, 0.29) is 18.3 Å². The summed E-state index contributed by atoms with van der Waals surface area (Å²) in [6.07, 6.45) is 0. The molecule has 0 aliphatic carbocycles. The summed E-state index contributed by atoms with van der Waals surface area (Å²) in [7, 11) is 0. The van der Waals surface area contributed by atoms with E-state index in [1.54, 1.807) is 0 Å². The van der Waals surface area contributed by atoms with Crippen LogP contribution in [0.1, 0.15) is 71.2 Å². The van der Waals surface area contributed by atoms with Crippen molar-refractivity contribution in [1.29, 1.82) is 0 Å². The Morgan fingerprint density at radius 2 is 1.00 bits per heavy atom. The van der Waals surface area contributed by atoms with E-state index in [4.69, 9.17) is 0 Å². The van der Waals surface area contributed by atoms with Gasteiger partial charge < -0.3 is 0 Å². The largest absolute Gasteiger partial charge is 0.0776 e. The molecule has 0 heterocycles. The van der Waals surface area contributed by atoms with Crippen LogP contribution >= 0.6 is 0 Å². The third-order valence-corrected chi connectivity index (χ3v) is 3.17. The molecule has 1 aromatic carbocycles. The lowest BCUT2D eigenvalue weighted by molar-refractivity contribution is 0.560. The lowest BCUT2D eigenvalue weighted by Gasteiger charge is -2.29. The van der Waals surface area contributed by atoms with Crippen molar-refractivity contribution in [2.45, 2.75) is 73.6 Å². The fourth-order valence-electron chi connectivity index (χ4n) is 2.42. The van der Waals surface area contributed by atoms with Crippen LogP contribution in [-0.2, 0) is 10.8 Å². The van der Waals surface area contributed by atoms with Gasteiger partial charge >= 0.3 is 0 Å². The maximum absolute atomic E-state index is 2.34. The van der Waals surface area contributed by atoms with E-state index in [9.17, 15) is 0 Å². The highest BCUT2D eigenvalue weighted by molar-refractivity contribution is 5.44. The van der Waals surface area contributed by atoms with Gasteiger partial charge in [0.1, 0.15) is 0 Å². The van der Waals surface area contributed by atoms with Crippen LogP contribution in [-0.4, -0.2) is 0 Å². The first kappa shape index (κ1) is 16.2. The fourth-order valence-corrected chi connectivity index (χ4v) is 2.42. The van der Waals surface area contributed by atoms with Crippen molar-refractivity contribution in [3.8, 4) is 0 Å². The summed E-state index contributed by atoms with van der Waals surface area (Å²) in [4.78, 5) is 0. The van der Waals surface area contributed by atoms with E-state index < -0.39 is 0 Å². The Morgan fingerprint density at radius 1 is 0.706 bits per heavy atom. The zero-order chi connectivity index (χ0) is 12.7. The molecule has 0 heteroatoms. The number of hydrogen-bond donors (Lipinski definition) is 0. The summed E-state index contributed by atoms with van der Waals surface area (Å²) in [5.74, 6) is 0. The Labute approximate surface area is 108 Å². The second-order valence-corrected chi connectivity index (χ2v) is 6.99. The topological polar surface area (TPSA) is 0 Å². The quantitative estimate of drug-likeness (QED) is 0.553. The Morgan fingerprint density at radius 3 is 1.24 bits per heavy atom. The van der Waals surface area contributed by atoms with Crippen molar-refractivity contribution in [2.24, 2.45) is 0 Å². The van der Waals surface area contributed by atoms with Gasteiger partial charge in [0, 0.05) is 0 Å². The summed E-state index contributed by atoms with van der Waals surface area (Å²) < 4.78 is 0. The zero-order valence-electron chi connectivity index (χ0n) is 12.2. The van der Waals surface area contributed by atoms with E-state index in [1.807, 2.05) is 0 Å². The second kappa shape index (κ2) is 4.84.